The first-order valence-corrected chi connectivity index (χ1v) is 12.0. The van der Waals surface area contributed by atoms with Gasteiger partial charge in [0.2, 0.25) is 0 Å². The number of alkyl carbamates (subject to hydrolysis) is 1. The van der Waals surface area contributed by atoms with E-state index in [4.69, 9.17) is 9.47 Å². The first kappa shape index (κ1) is 24.6. The maximum absolute atomic E-state index is 12.4. The Bertz CT molecular complexity index is 1060. The summed E-state index contributed by atoms with van der Waals surface area (Å²) in [5.41, 5.74) is 3.93. The molecule has 1 saturated heterocycles. The van der Waals surface area contributed by atoms with E-state index in [1.54, 1.807) is 20.8 Å². The highest BCUT2D eigenvalue weighted by atomic mass is 16.6. The summed E-state index contributed by atoms with van der Waals surface area (Å²) in [5.74, 6) is -1.12. The van der Waals surface area contributed by atoms with Crippen LogP contribution < -0.4 is 5.32 Å². The van der Waals surface area contributed by atoms with E-state index in [9.17, 15) is 19.5 Å². The maximum Gasteiger partial charge on any atom is 0.411 e. The molecule has 2 aliphatic rings. The number of carbonyl (C=O) groups excluding carboxylic acids is 2. The molecule has 186 valence electrons. The molecule has 2 aromatic carbocycles. The smallest absolute Gasteiger partial charge is 0.411 e. The number of carbonyl (C=O) groups is 3. The van der Waals surface area contributed by atoms with E-state index in [1.165, 1.54) is 16.0 Å². The standard InChI is InChI=1S/C27H32N2O6/c1-27(2,3)35-26(33)29-15-17(14-23(29)24(30)31)12-13-28-25(32)34-16-22-20-10-6-4-8-18(20)19-9-5-7-11-21(19)22/h4-11,17,22-23H,12-16H2,1-3H3,(H,28,32)(H,30,31). The van der Waals surface area contributed by atoms with E-state index in [-0.39, 0.29) is 25.0 Å². The highest BCUT2D eigenvalue weighted by molar-refractivity contribution is 5.81. The van der Waals surface area contributed by atoms with Crippen LogP contribution in [0.5, 0.6) is 0 Å². The first-order chi connectivity index (χ1) is 16.6. The van der Waals surface area contributed by atoms with Crippen molar-refractivity contribution >= 4 is 18.2 Å². The van der Waals surface area contributed by atoms with Crippen LogP contribution in [-0.4, -0.2) is 59.5 Å². The van der Waals surface area contributed by atoms with Gasteiger partial charge in [0.15, 0.2) is 0 Å². The maximum atomic E-state index is 12.4. The monoisotopic (exact) mass is 480 g/mol. The minimum Gasteiger partial charge on any atom is -0.480 e. The number of fused-ring (bicyclic) bond motifs is 3. The molecule has 2 aromatic rings. The first-order valence-electron chi connectivity index (χ1n) is 12.0. The van der Waals surface area contributed by atoms with Crippen molar-refractivity contribution in [1.29, 1.82) is 0 Å². The minimum atomic E-state index is -1.05. The lowest BCUT2D eigenvalue weighted by Gasteiger charge is -2.26. The number of hydrogen-bond donors (Lipinski definition) is 2. The fourth-order valence-corrected chi connectivity index (χ4v) is 4.92. The molecular formula is C27H32N2O6. The fraction of sp³-hybridized carbons (Fsp3) is 0.444. The van der Waals surface area contributed by atoms with E-state index >= 15 is 0 Å². The third-order valence-electron chi connectivity index (χ3n) is 6.47. The molecule has 2 amide bonds. The van der Waals surface area contributed by atoms with Gasteiger partial charge in [0.25, 0.3) is 0 Å². The molecular weight excluding hydrogens is 448 g/mol. The molecule has 4 rings (SSSR count). The van der Waals surface area contributed by atoms with Gasteiger partial charge in [-0.25, -0.2) is 14.4 Å². The highest BCUT2D eigenvalue weighted by Gasteiger charge is 2.41. The SMILES string of the molecule is CC(C)(C)OC(=O)N1CC(CCNC(=O)OCC2c3ccccc3-c3ccccc32)CC1C(=O)O. The molecule has 1 heterocycles. The van der Waals surface area contributed by atoms with Gasteiger partial charge in [-0.2, -0.15) is 0 Å². The van der Waals surface area contributed by atoms with E-state index in [1.807, 2.05) is 24.3 Å². The summed E-state index contributed by atoms with van der Waals surface area (Å²) >= 11 is 0. The van der Waals surface area contributed by atoms with Gasteiger partial charge in [-0.15, -0.1) is 0 Å². The number of carboxylic acid groups (broad SMARTS) is 1. The zero-order chi connectivity index (χ0) is 25.2. The fourth-order valence-electron chi connectivity index (χ4n) is 4.92. The van der Waals surface area contributed by atoms with E-state index < -0.39 is 29.8 Å². The molecule has 2 unspecified atom stereocenters. The van der Waals surface area contributed by atoms with Crippen LogP contribution in [0.4, 0.5) is 9.59 Å². The van der Waals surface area contributed by atoms with Crippen LogP contribution in [0.1, 0.15) is 50.7 Å². The Kier molecular flexibility index (Phi) is 7.00. The van der Waals surface area contributed by atoms with Gasteiger partial charge in [0.05, 0.1) is 0 Å². The quantitative estimate of drug-likeness (QED) is 0.625. The number of rotatable bonds is 6. The summed E-state index contributed by atoms with van der Waals surface area (Å²) in [5, 5.41) is 12.3. The van der Waals surface area contributed by atoms with Crippen molar-refractivity contribution < 1.29 is 29.0 Å². The van der Waals surface area contributed by atoms with Gasteiger partial charge in [-0.05, 0) is 61.8 Å². The molecule has 0 saturated carbocycles. The van der Waals surface area contributed by atoms with Crippen LogP contribution in [0.3, 0.4) is 0 Å². The number of aliphatic carboxylic acids is 1. The zero-order valence-electron chi connectivity index (χ0n) is 20.3. The van der Waals surface area contributed by atoms with Crippen molar-refractivity contribution in [3.8, 4) is 11.1 Å². The molecule has 35 heavy (non-hydrogen) atoms. The summed E-state index contributed by atoms with van der Waals surface area (Å²) in [4.78, 5) is 37.8. The minimum absolute atomic E-state index is 0.0123. The average Bonchev–Trinajstić information content (AvgIpc) is 3.37. The highest BCUT2D eigenvalue weighted by Crippen LogP contribution is 2.44. The van der Waals surface area contributed by atoms with Crippen molar-refractivity contribution in [2.24, 2.45) is 5.92 Å². The van der Waals surface area contributed by atoms with E-state index in [0.717, 1.165) is 11.1 Å². The second-order valence-corrected chi connectivity index (χ2v) is 10.1. The predicted octanol–water partition coefficient (Wildman–Crippen LogP) is 4.63. The molecule has 0 spiro atoms. The third-order valence-corrected chi connectivity index (χ3v) is 6.47. The van der Waals surface area contributed by atoms with Crippen LogP contribution in [0.15, 0.2) is 48.5 Å². The Morgan fingerprint density at radius 3 is 2.20 bits per heavy atom. The number of likely N-dealkylation sites (tertiary alicyclic amines) is 1. The number of hydrogen-bond acceptors (Lipinski definition) is 5. The van der Waals surface area contributed by atoms with E-state index in [0.29, 0.717) is 19.4 Å². The molecule has 8 nitrogen and oxygen atoms in total. The number of nitrogens with zero attached hydrogens (tertiary/aromatic N) is 1. The zero-order valence-corrected chi connectivity index (χ0v) is 20.3. The van der Waals surface area contributed by atoms with Gasteiger partial charge < -0.3 is 19.9 Å². The number of amides is 2. The van der Waals surface area contributed by atoms with Gasteiger partial charge in [0, 0.05) is 19.0 Å². The molecule has 1 aliphatic heterocycles. The Morgan fingerprint density at radius 1 is 1.03 bits per heavy atom. The lowest BCUT2D eigenvalue weighted by Crippen LogP contribution is -2.43. The van der Waals surface area contributed by atoms with Crippen molar-refractivity contribution in [1.82, 2.24) is 10.2 Å². The summed E-state index contributed by atoms with van der Waals surface area (Å²) < 4.78 is 10.9. The van der Waals surface area contributed by atoms with Crippen LogP contribution in [0.25, 0.3) is 11.1 Å². The lowest BCUT2D eigenvalue weighted by atomic mass is 9.98. The number of carboxylic acids is 1. The van der Waals surface area contributed by atoms with Gasteiger partial charge in [-0.1, -0.05) is 48.5 Å². The van der Waals surface area contributed by atoms with Crippen molar-refractivity contribution in [2.75, 3.05) is 19.7 Å². The van der Waals surface area contributed by atoms with E-state index in [2.05, 4.69) is 29.6 Å². The number of ether oxygens (including phenoxy) is 2. The summed E-state index contributed by atoms with van der Waals surface area (Å²) in [7, 11) is 0. The summed E-state index contributed by atoms with van der Waals surface area (Å²) in [6.07, 6.45) is -0.283. The van der Waals surface area contributed by atoms with Crippen molar-refractivity contribution in [2.45, 2.75) is 51.2 Å². The Morgan fingerprint density at radius 2 is 1.63 bits per heavy atom. The van der Waals surface area contributed by atoms with Crippen molar-refractivity contribution in [3.05, 3.63) is 59.7 Å². The molecule has 0 bridgehead atoms. The number of benzene rings is 2. The normalized spacial score (nSPS) is 19.1. The number of nitrogens with one attached hydrogen (secondary N) is 1. The summed E-state index contributed by atoms with van der Waals surface area (Å²) in [6.45, 7) is 6.07. The molecule has 2 N–H and O–H groups in total. The topological polar surface area (TPSA) is 105 Å². The lowest BCUT2D eigenvalue weighted by molar-refractivity contribution is -0.142. The molecule has 8 heteroatoms. The third kappa shape index (κ3) is 5.58. The van der Waals surface area contributed by atoms with Crippen LogP contribution in [0.2, 0.25) is 0 Å². The van der Waals surface area contributed by atoms with Crippen LogP contribution in [0, 0.1) is 5.92 Å². The van der Waals surface area contributed by atoms with Gasteiger partial charge in [0.1, 0.15) is 18.2 Å². The van der Waals surface area contributed by atoms with Crippen molar-refractivity contribution in [3.63, 3.8) is 0 Å². The largest absolute Gasteiger partial charge is 0.480 e. The van der Waals surface area contributed by atoms with Gasteiger partial charge >= 0.3 is 18.2 Å². The molecule has 1 aliphatic carbocycles. The second-order valence-electron chi connectivity index (χ2n) is 10.1. The Balaban J connectivity index is 1.27. The molecule has 2 atom stereocenters. The second kappa shape index (κ2) is 9.98. The molecule has 0 radical (unpaired) electrons. The summed E-state index contributed by atoms with van der Waals surface area (Å²) in [6, 6.07) is 15.4. The molecule has 1 fully saturated rings. The average molecular weight is 481 g/mol. The Labute approximate surface area is 205 Å². The van der Waals surface area contributed by atoms with Crippen LogP contribution in [-0.2, 0) is 14.3 Å². The van der Waals surface area contributed by atoms with Gasteiger partial charge in [-0.3, -0.25) is 4.90 Å². The molecule has 0 aromatic heterocycles. The van der Waals surface area contributed by atoms with Crippen LogP contribution >= 0.6 is 0 Å². The predicted molar refractivity (Wildman–Crippen MR) is 130 cm³/mol. The Hall–Kier alpha value is -3.55.